The Bertz CT molecular complexity index is 444. The summed E-state index contributed by atoms with van der Waals surface area (Å²) in [6, 6.07) is 4.97. The fourth-order valence-electron chi connectivity index (χ4n) is 1.39. The number of carbonyl (C=O) groups is 2. The van der Waals surface area contributed by atoms with Crippen LogP contribution >= 0.6 is 15.9 Å². The van der Waals surface area contributed by atoms with Crippen molar-refractivity contribution in [3.05, 3.63) is 23.8 Å². The first-order valence-corrected chi connectivity index (χ1v) is 5.12. The molecule has 0 radical (unpaired) electrons. The topological polar surface area (TPSA) is 46.6 Å². The maximum atomic E-state index is 11.3. The lowest BCUT2D eigenvalue weighted by atomic mass is 10.1. The van der Waals surface area contributed by atoms with Gasteiger partial charge in [-0.25, -0.2) is 0 Å². The molecule has 0 N–H and O–H groups in total. The van der Waals surface area contributed by atoms with E-state index in [1.54, 1.807) is 25.2 Å². The highest BCUT2D eigenvalue weighted by Crippen LogP contribution is 2.32. The van der Waals surface area contributed by atoms with Gasteiger partial charge in [0.05, 0.1) is 5.69 Å². The van der Waals surface area contributed by atoms with Gasteiger partial charge < -0.3 is 9.64 Å². The van der Waals surface area contributed by atoms with Crippen molar-refractivity contribution >= 4 is 32.2 Å². The summed E-state index contributed by atoms with van der Waals surface area (Å²) in [6.45, 7) is 0.0467. The third-order valence-corrected chi connectivity index (χ3v) is 2.73. The Balaban J connectivity index is 2.50. The molecular formula is C10H8BrNO3. The lowest BCUT2D eigenvalue weighted by Crippen LogP contribution is -2.35. The highest BCUT2D eigenvalue weighted by atomic mass is 79.9. The van der Waals surface area contributed by atoms with Crippen LogP contribution in [0.4, 0.5) is 5.69 Å². The number of rotatable bonds is 1. The van der Waals surface area contributed by atoms with Crippen LogP contribution in [-0.4, -0.2) is 24.3 Å². The van der Waals surface area contributed by atoms with Crippen molar-refractivity contribution in [3.8, 4) is 5.75 Å². The molecule has 78 valence electrons. The van der Waals surface area contributed by atoms with E-state index >= 15 is 0 Å². The molecular weight excluding hydrogens is 262 g/mol. The number of benzene rings is 1. The molecule has 0 saturated heterocycles. The Labute approximate surface area is 94.9 Å². The Morgan fingerprint density at radius 1 is 1.53 bits per heavy atom. The van der Waals surface area contributed by atoms with E-state index in [-0.39, 0.29) is 17.2 Å². The monoisotopic (exact) mass is 269 g/mol. The van der Waals surface area contributed by atoms with E-state index in [1.807, 2.05) is 0 Å². The molecule has 0 spiro atoms. The fraction of sp³-hybridized carbons (Fsp3) is 0.200. The van der Waals surface area contributed by atoms with Crippen molar-refractivity contribution < 1.29 is 14.3 Å². The number of amides is 1. The summed E-state index contributed by atoms with van der Waals surface area (Å²) in [7, 11) is 1.66. The van der Waals surface area contributed by atoms with E-state index in [9.17, 15) is 9.59 Å². The van der Waals surface area contributed by atoms with Crippen LogP contribution in [0, 0.1) is 0 Å². The van der Waals surface area contributed by atoms with Crippen LogP contribution in [0.1, 0.15) is 10.4 Å². The highest BCUT2D eigenvalue weighted by Gasteiger charge is 2.22. The van der Waals surface area contributed by atoms with E-state index in [2.05, 4.69) is 15.9 Å². The number of halogens is 1. The number of fused-ring (bicyclic) bond motifs is 1. The van der Waals surface area contributed by atoms with Crippen molar-refractivity contribution in [1.82, 2.24) is 0 Å². The molecule has 1 aromatic carbocycles. The second-order valence-electron chi connectivity index (χ2n) is 3.20. The predicted molar refractivity (Wildman–Crippen MR) is 58.6 cm³/mol. The molecule has 0 bridgehead atoms. The maximum Gasteiger partial charge on any atom is 0.264 e. The summed E-state index contributed by atoms with van der Waals surface area (Å²) in [5.74, 6) is 0.497. The maximum absolute atomic E-state index is 11.3. The number of hydrogen-bond acceptors (Lipinski definition) is 3. The Hall–Kier alpha value is -1.36. The van der Waals surface area contributed by atoms with Gasteiger partial charge in [-0.3, -0.25) is 9.59 Å². The number of hydrogen-bond donors (Lipinski definition) is 0. The third kappa shape index (κ3) is 1.74. The molecule has 1 aliphatic rings. The van der Waals surface area contributed by atoms with E-state index in [1.165, 1.54) is 4.90 Å². The molecule has 2 rings (SSSR count). The second kappa shape index (κ2) is 3.66. The molecule has 5 heteroatoms. The average Bonchev–Trinajstić information content (AvgIpc) is 2.23. The predicted octanol–water partition coefficient (Wildman–Crippen LogP) is 1.58. The molecule has 0 aliphatic carbocycles. The van der Waals surface area contributed by atoms with Crippen LogP contribution in [0.25, 0.3) is 0 Å². The normalized spacial score (nSPS) is 14.5. The lowest BCUT2D eigenvalue weighted by molar-refractivity contribution is -0.120. The first kappa shape index (κ1) is 10.2. The van der Waals surface area contributed by atoms with E-state index < -0.39 is 0 Å². The number of ether oxygens (including phenoxy) is 1. The molecule has 1 amide bonds. The minimum absolute atomic E-state index is 0.0467. The van der Waals surface area contributed by atoms with E-state index in [4.69, 9.17) is 4.74 Å². The highest BCUT2D eigenvalue weighted by molar-refractivity contribution is 9.18. The minimum Gasteiger partial charge on any atom is -0.482 e. The summed E-state index contributed by atoms with van der Waals surface area (Å²) < 4.78 is 5.01. The van der Waals surface area contributed by atoms with Crippen LogP contribution in [0.2, 0.25) is 0 Å². The van der Waals surface area contributed by atoms with Crippen LogP contribution in [0.15, 0.2) is 18.2 Å². The molecule has 0 aromatic heterocycles. The molecule has 0 unspecified atom stereocenters. The van der Waals surface area contributed by atoms with Crippen molar-refractivity contribution in [2.24, 2.45) is 0 Å². The minimum atomic E-state index is -0.211. The standard InChI is InChI=1S/C10H8BrNO3/c1-12-7-4-6(10(11)14)2-3-8(7)15-5-9(12)13/h2-4H,5H2,1H3. The van der Waals surface area contributed by atoms with Crippen molar-refractivity contribution in [2.45, 2.75) is 0 Å². The SMILES string of the molecule is CN1C(=O)COc2ccc(C(=O)Br)cc21. The van der Waals surface area contributed by atoms with Crippen LogP contribution in [0.3, 0.4) is 0 Å². The van der Waals surface area contributed by atoms with Gasteiger partial charge in [0.2, 0.25) is 4.69 Å². The van der Waals surface area contributed by atoms with Gasteiger partial charge in [-0.2, -0.15) is 0 Å². The number of carbonyl (C=O) groups excluding carboxylic acids is 2. The molecule has 1 aromatic rings. The van der Waals surface area contributed by atoms with Crippen molar-refractivity contribution in [3.63, 3.8) is 0 Å². The number of nitrogens with zero attached hydrogens (tertiary/aromatic N) is 1. The number of likely N-dealkylation sites (N-methyl/N-ethyl adjacent to an activating group) is 1. The zero-order valence-corrected chi connectivity index (χ0v) is 9.58. The number of anilines is 1. The molecule has 0 fully saturated rings. The van der Waals surface area contributed by atoms with Gasteiger partial charge in [0.1, 0.15) is 5.75 Å². The molecule has 0 saturated carbocycles. The smallest absolute Gasteiger partial charge is 0.264 e. The van der Waals surface area contributed by atoms with Crippen molar-refractivity contribution in [2.75, 3.05) is 18.6 Å². The third-order valence-electron chi connectivity index (χ3n) is 2.27. The Morgan fingerprint density at radius 2 is 2.27 bits per heavy atom. The zero-order chi connectivity index (χ0) is 11.0. The summed E-state index contributed by atoms with van der Waals surface area (Å²) in [6.07, 6.45) is 0. The van der Waals surface area contributed by atoms with Gasteiger partial charge in [-0.05, 0) is 34.1 Å². The molecule has 1 aliphatic heterocycles. The van der Waals surface area contributed by atoms with E-state index in [0.717, 1.165) is 0 Å². The van der Waals surface area contributed by atoms with Gasteiger partial charge in [-0.15, -0.1) is 0 Å². The van der Waals surface area contributed by atoms with Crippen LogP contribution in [0.5, 0.6) is 5.75 Å². The van der Waals surface area contributed by atoms with E-state index in [0.29, 0.717) is 17.0 Å². The largest absolute Gasteiger partial charge is 0.482 e. The lowest BCUT2D eigenvalue weighted by Gasteiger charge is -2.26. The zero-order valence-electron chi connectivity index (χ0n) is 7.99. The van der Waals surface area contributed by atoms with Crippen LogP contribution in [-0.2, 0) is 4.79 Å². The molecule has 0 atom stereocenters. The van der Waals surface area contributed by atoms with Gasteiger partial charge in [-0.1, -0.05) is 0 Å². The Morgan fingerprint density at radius 3 is 2.93 bits per heavy atom. The average molecular weight is 270 g/mol. The van der Waals surface area contributed by atoms with Gasteiger partial charge in [0.15, 0.2) is 6.61 Å². The summed E-state index contributed by atoms with van der Waals surface area (Å²) in [4.78, 5) is 23.9. The van der Waals surface area contributed by atoms with Gasteiger partial charge >= 0.3 is 0 Å². The molecule has 1 heterocycles. The summed E-state index contributed by atoms with van der Waals surface area (Å²) >= 11 is 2.86. The molecule has 4 nitrogen and oxygen atoms in total. The van der Waals surface area contributed by atoms with Crippen molar-refractivity contribution in [1.29, 1.82) is 0 Å². The van der Waals surface area contributed by atoms with Gasteiger partial charge in [0.25, 0.3) is 5.91 Å². The summed E-state index contributed by atoms with van der Waals surface area (Å²) in [5.41, 5.74) is 1.12. The Kier molecular flexibility index (Phi) is 2.48. The summed E-state index contributed by atoms with van der Waals surface area (Å²) in [5, 5.41) is 0. The first-order valence-electron chi connectivity index (χ1n) is 4.33. The fourth-order valence-corrected chi connectivity index (χ4v) is 1.64. The first-order chi connectivity index (χ1) is 7.09. The molecule has 15 heavy (non-hydrogen) atoms. The second-order valence-corrected chi connectivity index (χ2v) is 3.92. The van der Waals surface area contributed by atoms with Crippen LogP contribution < -0.4 is 9.64 Å². The van der Waals surface area contributed by atoms with Gasteiger partial charge in [0, 0.05) is 12.6 Å². The quantitative estimate of drug-likeness (QED) is 0.728.